The Morgan fingerprint density at radius 1 is 0.968 bits per heavy atom. The highest BCUT2D eigenvalue weighted by Crippen LogP contribution is 2.34. The summed E-state index contributed by atoms with van der Waals surface area (Å²) in [4.78, 5) is 20.0. The van der Waals surface area contributed by atoms with Crippen LogP contribution in [0.3, 0.4) is 0 Å². The van der Waals surface area contributed by atoms with E-state index in [0.29, 0.717) is 25.0 Å². The highest BCUT2D eigenvalue weighted by molar-refractivity contribution is 5.81. The molecule has 0 spiro atoms. The van der Waals surface area contributed by atoms with Gasteiger partial charge in [0.15, 0.2) is 0 Å². The van der Waals surface area contributed by atoms with Gasteiger partial charge in [0.2, 0.25) is 5.91 Å². The van der Waals surface area contributed by atoms with E-state index in [1.165, 1.54) is 19.3 Å². The lowest BCUT2D eigenvalue weighted by Gasteiger charge is -2.31. The fraction of sp³-hybridized carbons (Fsp3) is 0.462. The largest absolute Gasteiger partial charge is 0.494 e. The summed E-state index contributed by atoms with van der Waals surface area (Å²) in [5.41, 5.74) is 2.17. The van der Waals surface area contributed by atoms with Crippen LogP contribution in [0.4, 0.5) is 0 Å². The molecule has 1 aliphatic carbocycles. The Morgan fingerprint density at radius 3 is 2.58 bits per heavy atom. The number of benzene rings is 2. The third kappa shape index (κ3) is 4.32. The summed E-state index contributed by atoms with van der Waals surface area (Å²) in [5, 5.41) is 0. The second-order valence-corrected chi connectivity index (χ2v) is 8.86. The number of carbonyl (C=O) groups excluding carboxylic acids is 1. The van der Waals surface area contributed by atoms with Gasteiger partial charge in [-0.05, 0) is 43.5 Å². The molecule has 2 aromatic carbocycles. The van der Waals surface area contributed by atoms with Crippen LogP contribution < -0.4 is 4.74 Å². The second kappa shape index (κ2) is 9.13. The molecule has 1 aliphatic heterocycles. The zero-order valence-electron chi connectivity index (χ0n) is 18.1. The molecule has 1 unspecified atom stereocenters. The van der Waals surface area contributed by atoms with E-state index in [1.807, 2.05) is 36.4 Å². The maximum Gasteiger partial charge on any atom is 0.223 e. The molecule has 1 amide bonds. The number of aromatic nitrogens is 2. The van der Waals surface area contributed by atoms with Gasteiger partial charge < -0.3 is 14.2 Å². The van der Waals surface area contributed by atoms with Crippen molar-refractivity contribution in [3.05, 3.63) is 60.4 Å². The summed E-state index contributed by atoms with van der Waals surface area (Å²) >= 11 is 0. The van der Waals surface area contributed by atoms with Gasteiger partial charge in [0, 0.05) is 31.5 Å². The first kappa shape index (κ1) is 20.1. The number of ether oxygens (including phenoxy) is 1. The van der Waals surface area contributed by atoms with Crippen LogP contribution in [-0.2, 0) is 11.3 Å². The Balaban J connectivity index is 1.32. The molecule has 3 aromatic rings. The third-order valence-corrected chi connectivity index (χ3v) is 6.76. The molecule has 2 fully saturated rings. The van der Waals surface area contributed by atoms with Crippen molar-refractivity contribution in [1.82, 2.24) is 14.5 Å². The molecule has 5 rings (SSSR count). The second-order valence-electron chi connectivity index (χ2n) is 8.86. The number of rotatable bonds is 7. The summed E-state index contributed by atoms with van der Waals surface area (Å²) in [6.07, 6.45) is 7.61. The van der Waals surface area contributed by atoms with E-state index < -0.39 is 0 Å². The minimum Gasteiger partial charge on any atom is -0.494 e. The van der Waals surface area contributed by atoms with E-state index >= 15 is 0 Å². The number of para-hydroxylation sites is 3. The van der Waals surface area contributed by atoms with E-state index in [1.54, 1.807) is 0 Å². The molecule has 31 heavy (non-hydrogen) atoms. The summed E-state index contributed by atoms with van der Waals surface area (Å²) in [7, 11) is 0. The zero-order chi connectivity index (χ0) is 21.0. The summed E-state index contributed by atoms with van der Waals surface area (Å²) in [6, 6.07) is 18.7. The highest BCUT2D eigenvalue weighted by atomic mass is 16.5. The average molecular weight is 418 g/mol. The minimum absolute atomic E-state index is 0.178. The Kier molecular flexibility index (Phi) is 5.92. The van der Waals surface area contributed by atoms with Crippen LogP contribution in [0.15, 0.2) is 54.6 Å². The van der Waals surface area contributed by atoms with Gasteiger partial charge >= 0.3 is 0 Å². The number of nitrogens with zero attached hydrogens (tertiary/aromatic N) is 3. The number of likely N-dealkylation sites (tertiary alicyclic amines) is 1. The van der Waals surface area contributed by atoms with Crippen LogP contribution in [0.2, 0.25) is 0 Å². The van der Waals surface area contributed by atoms with Crippen LogP contribution in [0.1, 0.15) is 56.7 Å². The van der Waals surface area contributed by atoms with Crippen molar-refractivity contribution in [2.45, 2.75) is 63.5 Å². The molecule has 0 bridgehead atoms. The average Bonchev–Trinajstić information content (AvgIpc) is 3.38. The first-order chi connectivity index (χ1) is 15.3. The Labute approximate surface area is 184 Å². The summed E-state index contributed by atoms with van der Waals surface area (Å²) in [6.45, 7) is 2.32. The number of aryl methyl sites for hydroxylation is 1. The lowest BCUT2D eigenvalue weighted by Crippen LogP contribution is -2.37. The van der Waals surface area contributed by atoms with Crippen molar-refractivity contribution >= 4 is 16.9 Å². The van der Waals surface area contributed by atoms with Gasteiger partial charge in [-0.1, -0.05) is 49.6 Å². The van der Waals surface area contributed by atoms with E-state index in [9.17, 15) is 4.79 Å². The van der Waals surface area contributed by atoms with Gasteiger partial charge in [0.1, 0.15) is 11.6 Å². The van der Waals surface area contributed by atoms with E-state index in [4.69, 9.17) is 9.72 Å². The van der Waals surface area contributed by atoms with E-state index in [0.717, 1.165) is 55.0 Å². The monoisotopic (exact) mass is 417 g/mol. The number of imidazole rings is 1. The fourth-order valence-electron chi connectivity index (χ4n) is 5.22. The lowest BCUT2D eigenvalue weighted by atomic mass is 9.94. The molecule has 1 saturated heterocycles. The molecule has 2 aliphatic rings. The van der Waals surface area contributed by atoms with E-state index in [2.05, 4.69) is 27.7 Å². The van der Waals surface area contributed by atoms with Crippen LogP contribution in [0.5, 0.6) is 5.75 Å². The van der Waals surface area contributed by atoms with Gasteiger partial charge in [0.05, 0.1) is 17.6 Å². The number of carbonyl (C=O) groups is 1. The normalized spacial score (nSPS) is 19.9. The molecular weight excluding hydrogens is 386 g/mol. The predicted octanol–water partition coefficient (Wildman–Crippen LogP) is 5.15. The van der Waals surface area contributed by atoms with Crippen LogP contribution in [0, 0.1) is 0 Å². The molecule has 5 heteroatoms. The zero-order valence-corrected chi connectivity index (χ0v) is 18.1. The standard InChI is InChI=1S/C26H31N3O2/c30-25-18-20(19-29(25)21-10-3-1-4-11-21)26-27-23-14-7-8-15-24(23)28(26)16-9-17-31-22-12-5-2-6-13-22/h2,5-8,12-15,20-21H,1,3-4,9-11,16-19H2. The SMILES string of the molecule is O=C1CC(c2nc3ccccc3n2CCCOc2ccccc2)CN1C1CCCCC1. The van der Waals surface area contributed by atoms with Crippen LogP contribution in [0.25, 0.3) is 11.0 Å². The smallest absolute Gasteiger partial charge is 0.223 e. The predicted molar refractivity (Wildman–Crippen MR) is 122 cm³/mol. The molecule has 162 valence electrons. The summed E-state index contributed by atoms with van der Waals surface area (Å²) < 4.78 is 8.22. The maximum absolute atomic E-state index is 12.9. The quantitative estimate of drug-likeness (QED) is 0.499. The highest BCUT2D eigenvalue weighted by Gasteiger charge is 2.37. The van der Waals surface area contributed by atoms with Crippen molar-refractivity contribution in [2.75, 3.05) is 13.2 Å². The van der Waals surface area contributed by atoms with E-state index in [-0.39, 0.29) is 5.92 Å². The molecule has 0 radical (unpaired) electrons. The maximum atomic E-state index is 12.9. The van der Waals surface area contributed by atoms with Gasteiger partial charge in [0.25, 0.3) is 0 Å². The van der Waals surface area contributed by atoms with Crippen LogP contribution in [-0.4, -0.2) is 39.6 Å². The Morgan fingerprint density at radius 2 is 1.74 bits per heavy atom. The fourth-order valence-corrected chi connectivity index (χ4v) is 5.22. The Bertz CT molecular complexity index is 1020. The van der Waals surface area contributed by atoms with Gasteiger partial charge in [-0.15, -0.1) is 0 Å². The van der Waals surface area contributed by atoms with Crippen molar-refractivity contribution in [2.24, 2.45) is 0 Å². The number of amides is 1. The first-order valence-corrected chi connectivity index (χ1v) is 11.7. The number of hydrogen-bond donors (Lipinski definition) is 0. The topological polar surface area (TPSA) is 47.4 Å². The molecule has 5 nitrogen and oxygen atoms in total. The number of hydrogen-bond acceptors (Lipinski definition) is 3. The molecule has 1 saturated carbocycles. The molecule has 1 aromatic heterocycles. The third-order valence-electron chi connectivity index (χ3n) is 6.76. The molecule has 0 N–H and O–H groups in total. The van der Waals surface area contributed by atoms with Crippen molar-refractivity contribution in [3.8, 4) is 5.75 Å². The van der Waals surface area contributed by atoms with Gasteiger partial charge in [-0.3, -0.25) is 4.79 Å². The summed E-state index contributed by atoms with van der Waals surface area (Å²) in [5.74, 6) is 2.45. The van der Waals surface area contributed by atoms with Gasteiger partial charge in [-0.2, -0.15) is 0 Å². The lowest BCUT2D eigenvalue weighted by molar-refractivity contribution is -0.130. The Hall–Kier alpha value is -2.82. The van der Waals surface area contributed by atoms with Crippen molar-refractivity contribution < 1.29 is 9.53 Å². The van der Waals surface area contributed by atoms with Crippen molar-refractivity contribution in [3.63, 3.8) is 0 Å². The minimum atomic E-state index is 0.178. The van der Waals surface area contributed by atoms with Crippen LogP contribution >= 0.6 is 0 Å². The van der Waals surface area contributed by atoms with Gasteiger partial charge in [-0.25, -0.2) is 4.98 Å². The van der Waals surface area contributed by atoms with Crippen molar-refractivity contribution in [1.29, 1.82) is 0 Å². The molecular formula is C26H31N3O2. The molecule has 1 atom stereocenters. The molecule has 2 heterocycles. The first-order valence-electron chi connectivity index (χ1n) is 11.7. The number of fused-ring (bicyclic) bond motifs is 1.